The van der Waals surface area contributed by atoms with Crippen LogP contribution in [-0.2, 0) is 17.9 Å². The molecule has 2 bridgehead atoms. The van der Waals surface area contributed by atoms with Crippen LogP contribution in [0.4, 0.5) is 0 Å². The predicted molar refractivity (Wildman–Crippen MR) is 109 cm³/mol. The third-order valence-corrected chi connectivity index (χ3v) is 6.57. The van der Waals surface area contributed by atoms with E-state index in [4.69, 9.17) is 9.47 Å². The molecule has 7 nitrogen and oxygen atoms in total. The number of pyridine rings is 1. The first-order chi connectivity index (χ1) is 14.5. The zero-order valence-electron chi connectivity index (χ0n) is 16.9. The maximum absolute atomic E-state index is 13.4. The van der Waals surface area contributed by atoms with E-state index >= 15 is 0 Å². The molecule has 1 spiro atoms. The van der Waals surface area contributed by atoms with Crippen LogP contribution in [-0.4, -0.2) is 40.0 Å². The maximum atomic E-state index is 13.4. The van der Waals surface area contributed by atoms with Crippen LogP contribution in [0.3, 0.4) is 0 Å². The molecular weight excluding hydrogens is 384 g/mol. The Labute approximate surface area is 174 Å². The number of carbonyl (C=O) groups excluding carboxylic acids is 2. The smallest absolute Gasteiger partial charge is 0.343 e. The van der Waals surface area contributed by atoms with Crippen molar-refractivity contribution >= 4 is 11.9 Å². The first kappa shape index (κ1) is 18.9. The number of esters is 1. The molecule has 2 aliphatic heterocycles. The first-order valence-electron chi connectivity index (χ1n) is 10.5. The van der Waals surface area contributed by atoms with Crippen molar-refractivity contribution in [2.45, 2.75) is 44.9 Å². The average molecular weight is 408 g/mol. The van der Waals surface area contributed by atoms with Gasteiger partial charge in [0, 0.05) is 19.3 Å². The van der Waals surface area contributed by atoms with Gasteiger partial charge in [0.2, 0.25) is 5.43 Å². The summed E-state index contributed by atoms with van der Waals surface area (Å²) < 4.78 is 12.7. The molecule has 1 saturated carbocycles. The van der Waals surface area contributed by atoms with Gasteiger partial charge >= 0.3 is 5.97 Å². The van der Waals surface area contributed by atoms with Gasteiger partial charge in [-0.1, -0.05) is 30.3 Å². The van der Waals surface area contributed by atoms with Gasteiger partial charge in [0.15, 0.2) is 11.4 Å². The quantitative estimate of drug-likeness (QED) is 0.711. The van der Waals surface area contributed by atoms with E-state index in [2.05, 4.69) is 0 Å². The van der Waals surface area contributed by atoms with Crippen LogP contribution < -0.4 is 10.2 Å². The van der Waals surface area contributed by atoms with Gasteiger partial charge in [-0.05, 0) is 37.7 Å². The molecule has 2 fully saturated rings. The standard InChI is InChI=1S/C23H24N2O5/c1-2-29-22(28)17-12-24-14-23-9-8-16(10-23)11-25(23)21(27)18(24)20(19(17)26)30-13-15-6-4-3-5-7-15/h3-7,12,16H,2,8-11,13-14H2,1H3/t16-,23+/m0/s1. The Morgan fingerprint density at radius 2 is 2.03 bits per heavy atom. The number of nitrogens with zero attached hydrogens (tertiary/aromatic N) is 2. The van der Waals surface area contributed by atoms with Crippen LogP contribution in [0.1, 0.15) is 52.6 Å². The fourth-order valence-corrected chi connectivity index (χ4v) is 5.24. The molecule has 1 aliphatic carbocycles. The Morgan fingerprint density at radius 3 is 2.77 bits per heavy atom. The summed E-state index contributed by atoms with van der Waals surface area (Å²) in [7, 11) is 0. The van der Waals surface area contributed by atoms with E-state index in [9.17, 15) is 14.4 Å². The molecule has 1 aromatic carbocycles. The zero-order valence-corrected chi connectivity index (χ0v) is 16.9. The van der Waals surface area contributed by atoms with Crippen molar-refractivity contribution in [2.24, 2.45) is 5.92 Å². The van der Waals surface area contributed by atoms with Crippen molar-refractivity contribution in [3.63, 3.8) is 0 Å². The predicted octanol–water partition coefficient (Wildman–Crippen LogP) is 2.61. The number of piperidine rings is 1. The zero-order chi connectivity index (χ0) is 20.9. The number of fused-ring (bicyclic) bond motifs is 2. The lowest BCUT2D eigenvalue weighted by molar-refractivity contribution is 0.0387. The molecule has 1 saturated heterocycles. The van der Waals surface area contributed by atoms with Crippen molar-refractivity contribution in [2.75, 3.05) is 13.2 Å². The third-order valence-electron chi connectivity index (χ3n) is 6.57. The minimum atomic E-state index is -0.689. The molecule has 1 aromatic heterocycles. The van der Waals surface area contributed by atoms with Gasteiger partial charge in [0.05, 0.1) is 12.1 Å². The second kappa shape index (κ2) is 7.00. The normalized spacial score (nSPS) is 23.8. The lowest BCUT2D eigenvalue weighted by Gasteiger charge is -2.44. The number of hydrogen-bond acceptors (Lipinski definition) is 5. The number of ether oxygens (including phenoxy) is 2. The SMILES string of the molecule is CCOC(=O)c1cn2c(c(OCc3ccccc3)c1=O)C(=O)N1C[C@H]3CC[C@@]1(C3)C2. The summed E-state index contributed by atoms with van der Waals surface area (Å²) in [5, 5.41) is 0. The molecule has 2 atom stereocenters. The van der Waals surface area contributed by atoms with Crippen molar-refractivity contribution in [3.05, 3.63) is 63.6 Å². The Bertz CT molecular complexity index is 1080. The molecule has 2 aromatic rings. The molecule has 0 unspecified atom stereocenters. The van der Waals surface area contributed by atoms with Crippen molar-refractivity contribution in [3.8, 4) is 5.75 Å². The maximum Gasteiger partial charge on any atom is 0.343 e. The van der Waals surface area contributed by atoms with Crippen LogP contribution in [0.2, 0.25) is 0 Å². The van der Waals surface area contributed by atoms with Gasteiger partial charge in [-0.2, -0.15) is 0 Å². The van der Waals surface area contributed by atoms with Crippen molar-refractivity contribution < 1.29 is 19.1 Å². The van der Waals surface area contributed by atoms with E-state index in [1.807, 2.05) is 35.2 Å². The highest BCUT2D eigenvalue weighted by Gasteiger charge is 2.56. The average Bonchev–Trinajstić information content (AvgIpc) is 3.32. The lowest BCUT2D eigenvalue weighted by atomic mass is 9.93. The fourth-order valence-electron chi connectivity index (χ4n) is 5.24. The molecule has 0 radical (unpaired) electrons. The second-order valence-corrected chi connectivity index (χ2v) is 8.42. The summed E-state index contributed by atoms with van der Waals surface area (Å²) in [5.41, 5.74) is 0.212. The third kappa shape index (κ3) is 2.83. The molecule has 5 rings (SSSR count). The monoisotopic (exact) mass is 408 g/mol. The van der Waals surface area contributed by atoms with Gasteiger partial charge in [0.1, 0.15) is 12.2 Å². The Morgan fingerprint density at radius 1 is 1.23 bits per heavy atom. The summed E-state index contributed by atoms with van der Waals surface area (Å²) in [6, 6.07) is 9.43. The van der Waals surface area contributed by atoms with Crippen LogP contribution in [0, 0.1) is 5.92 Å². The molecule has 156 valence electrons. The van der Waals surface area contributed by atoms with Crippen LogP contribution in [0.5, 0.6) is 5.75 Å². The highest BCUT2D eigenvalue weighted by atomic mass is 16.5. The minimum absolute atomic E-state index is 0.0629. The Hall–Kier alpha value is -3.09. The van der Waals surface area contributed by atoms with E-state index in [-0.39, 0.29) is 41.7 Å². The van der Waals surface area contributed by atoms with Crippen LogP contribution in [0.25, 0.3) is 0 Å². The molecule has 3 aliphatic rings. The summed E-state index contributed by atoms with van der Waals surface area (Å²) in [6.45, 7) is 3.29. The van der Waals surface area contributed by atoms with Gasteiger partial charge in [0.25, 0.3) is 5.91 Å². The summed E-state index contributed by atoms with van der Waals surface area (Å²) in [5.74, 6) is -0.426. The lowest BCUT2D eigenvalue weighted by Crippen LogP contribution is -2.55. The number of benzene rings is 1. The van der Waals surface area contributed by atoms with E-state index in [0.29, 0.717) is 12.5 Å². The topological polar surface area (TPSA) is 77.8 Å². The van der Waals surface area contributed by atoms with Crippen LogP contribution >= 0.6 is 0 Å². The van der Waals surface area contributed by atoms with E-state index in [1.165, 1.54) is 6.20 Å². The van der Waals surface area contributed by atoms with E-state index < -0.39 is 11.4 Å². The summed E-state index contributed by atoms with van der Waals surface area (Å²) in [6.07, 6.45) is 4.52. The van der Waals surface area contributed by atoms with Gasteiger partial charge in [-0.3, -0.25) is 9.59 Å². The second-order valence-electron chi connectivity index (χ2n) is 8.42. The number of carbonyl (C=O) groups is 2. The molecule has 3 heterocycles. The summed E-state index contributed by atoms with van der Waals surface area (Å²) >= 11 is 0. The van der Waals surface area contributed by atoms with Crippen LogP contribution in [0.15, 0.2) is 41.3 Å². The molecule has 30 heavy (non-hydrogen) atoms. The first-order valence-corrected chi connectivity index (χ1v) is 10.5. The Balaban J connectivity index is 1.60. The van der Waals surface area contributed by atoms with Gasteiger partial charge in [-0.15, -0.1) is 0 Å². The Kier molecular flexibility index (Phi) is 4.41. The van der Waals surface area contributed by atoms with Gasteiger partial charge in [-0.25, -0.2) is 4.79 Å². The molecular formula is C23H24N2O5. The number of rotatable bonds is 5. The number of hydrogen-bond donors (Lipinski definition) is 0. The molecule has 1 amide bonds. The van der Waals surface area contributed by atoms with Crippen molar-refractivity contribution in [1.82, 2.24) is 9.47 Å². The fraction of sp³-hybridized carbons (Fsp3) is 0.435. The highest BCUT2D eigenvalue weighted by molar-refractivity contribution is 5.98. The number of aromatic nitrogens is 1. The molecule has 7 heteroatoms. The van der Waals surface area contributed by atoms with E-state index in [1.54, 1.807) is 11.5 Å². The van der Waals surface area contributed by atoms with E-state index in [0.717, 1.165) is 31.4 Å². The summed E-state index contributed by atoms with van der Waals surface area (Å²) in [4.78, 5) is 41.0. The van der Waals surface area contributed by atoms with Gasteiger partial charge < -0.3 is 18.9 Å². The van der Waals surface area contributed by atoms with Crippen molar-refractivity contribution in [1.29, 1.82) is 0 Å². The number of amides is 1. The largest absolute Gasteiger partial charge is 0.483 e. The molecule has 0 N–H and O–H groups in total. The minimum Gasteiger partial charge on any atom is -0.483 e. The highest BCUT2D eigenvalue weighted by Crippen LogP contribution is 2.50.